The van der Waals surface area contributed by atoms with Gasteiger partial charge in [0.15, 0.2) is 0 Å². The second-order valence-corrected chi connectivity index (χ2v) is 8.85. The number of methoxy groups -OCH3 is 1. The second kappa shape index (κ2) is 10.2. The molecule has 0 heterocycles. The maximum Gasteiger partial charge on any atom is 0.242 e. The highest BCUT2D eigenvalue weighted by molar-refractivity contribution is 7.89. The zero-order valence-electron chi connectivity index (χ0n) is 16.6. The lowest BCUT2D eigenvalue weighted by Gasteiger charge is -2.14. The van der Waals surface area contributed by atoms with Crippen molar-refractivity contribution in [2.75, 3.05) is 27.7 Å². The summed E-state index contributed by atoms with van der Waals surface area (Å²) in [6.45, 7) is 0.611. The minimum atomic E-state index is -3.53. The molecule has 0 spiro atoms. The molecule has 0 saturated heterocycles. The van der Waals surface area contributed by atoms with Crippen LogP contribution in [0.25, 0.3) is 0 Å². The van der Waals surface area contributed by atoms with Crippen molar-refractivity contribution >= 4 is 15.9 Å². The van der Waals surface area contributed by atoms with Gasteiger partial charge in [-0.15, -0.1) is 0 Å². The normalized spacial score (nSPS) is 11.4. The molecule has 2 rings (SSSR count). The topological polar surface area (TPSA) is 75.7 Å². The molecule has 152 valence electrons. The molecule has 0 radical (unpaired) electrons. The van der Waals surface area contributed by atoms with Crippen molar-refractivity contribution in [2.24, 2.45) is 0 Å². The van der Waals surface area contributed by atoms with Crippen LogP contribution in [0, 0.1) is 0 Å². The van der Waals surface area contributed by atoms with Crippen LogP contribution in [0.15, 0.2) is 53.4 Å². The highest BCUT2D eigenvalue weighted by Crippen LogP contribution is 2.25. The third-order valence-corrected chi connectivity index (χ3v) is 6.27. The van der Waals surface area contributed by atoms with E-state index in [1.54, 1.807) is 12.1 Å². The Labute approximate surface area is 167 Å². The van der Waals surface area contributed by atoms with Gasteiger partial charge in [0.2, 0.25) is 15.9 Å². The monoisotopic (exact) mass is 404 g/mol. The van der Waals surface area contributed by atoms with Crippen LogP contribution in [0.4, 0.5) is 0 Å². The Kier molecular flexibility index (Phi) is 8.02. The number of carbonyl (C=O) groups excluding carboxylic acids is 1. The number of benzene rings is 2. The van der Waals surface area contributed by atoms with Crippen molar-refractivity contribution in [3.63, 3.8) is 0 Å². The predicted octanol–water partition coefficient (Wildman–Crippen LogP) is 2.63. The minimum Gasteiger partial charge on any atom is -0.496 e. The number of rotatable bonds is 10. The maximum absolute atomic E-state index is 12.3. The summed E-state index contributed by atoms with van der Waals surface area (Å²) >= 11 is 0. The number of nitrogens with zero attached hydrogens (tertiary/aromatic N) is 1. The first kappa shape index (κ1) is 21.9. The van der Waals surface area contributed by atoms with E-state index in [2.05, 4.69) is 17.4 Å². The van der Waals surface area contributed by atoms with Crippen LogP contribution in [0.5, 0.6) is 5.75 Å². The van der Waals surface area contributed by atoms with Gasteiger partial charge in [-0.3, -0.25) is 4.79 Å². The van der Waals surface area contributed by atoms with Gasteiger partial charge in [-0.1, -0.05) is 30.3 Å². The van der Waals surface area contributed by atoms with E-state index in [4.69, 9.17) is 4.74 Å². The van der Waals surface area contributed by atoms with E-state index < -0.39 is 10.0 Å². The van der Waals surface area contributed by atoms with Crippen molar-refractivity contribution in [1.82, 2.24) is 9.62 Å². The van der Waals surface area contributed by atoms with Crippen LogP contribution < -0.4 is 10.1 Å². The van der Waals surface area contributed by atoms with Crippen LogP contribution >= 0.6 is 0 Å². The molecule has 0 bridgehead atoms. The molecule has 6 nitrogen and oxygen atoms in total. The summed E-state index contributed by atoms with van der Waals surface area (Å²) in [6.07, 6.45) is 2.46. The molecule has 28 heavy (non-hydrogen) atoms. The molecule has 0 atom stereocenters. The molecular formula is C21H28N2O4S. The van der Waals surface area contributed by atoms with Crippen LogP contribution in [0.1, 0.15) is 24.0 Å². The molecule has 0 aliphatic rings. The molecule has 7 heteroatoms. The van der Waals surface area contributed by atoms with Crippen molar-refractivity contribution in [3.8, 4) is 5.75 Å². The predicted molar refractivity (Wildman–Crippen MR) is 110 cm³/mol. The van der Waals surface area contributed by atoms with E-state index in [0.717, 1.165) is 17.1 Å². The van der Waals surface area contributed by atoms with E-state index in [-0.39, 0.29) is 17.2 Å². The van der Waals surface area contributed by atoms with Crippen molar-refractivity contribution in [3.05, 3.63) is 59.7 Å². The van der Waals surface area contributed by atoms with E-state index in [0.29, 0.717) is 24.3 Å². The molecule has 0 unspecified atom stereocenters. The summed E-state index contributed by atoms with van der Waals surface area (Å²) in [5.41, 5.74) is 1.95. The van der Waals surface area contributed by atoms with Gasteiger partial charge in [0.1, 0.15) is 5.75 Å². The lowest BCUT2D eigenvalue weighted by atomic mass is 10.1. The number of nitrogens with one attached hydrogen (secondary N) is 1. The molecule has 1 N–H and O–H groups in total. The quantitative estimate of drug-likeness (QED) is 0.618. The van der Waals surface area contributed by atoms with Crippen LogP contribution in [-0.4, -0.2) is 46.4 Å². The summed E-state index contributed by atoms with van der Waals surface area (Å²) in [5.74, 6) is 0.519. The standard InChI is InChI=1S/C21H28N2O4S/c1-23(2)28(25,26)19-12-13-20(27-3)18(16-19)11-14-21(24)22-15-7-10-17-8-5-4-6-9-17/h4-6,8-9,12-13,16H,7,10-11,14-15H2,1-3H3,(H,22,24). The molecule has 0 fully saturated rings. The summed E-state index contributed by atoms with van der Waals surface area (Å²) in [7, 11) is 0.977. The molecule has 1 amide bonds. The Morgan fingerprint density at radius 3 is 2.43 bits per heavy atom. The lowest BCUT2D eigenvalue weighted by molar-refractivity contribution is -0.121. The van der Waals surface area contributed by atoms with Gasteiger partial charge in [-0.05, 0) is 48.6 Å². The van der Waals surface area contributed by atoms with E-state index in [1.807, 2.05) is 18.2 Å². The molecule has 0 aliphatic carbocycles. The molecule has 2 aromatic carbocycles. The molecular weight excluding hydrogens is 376 g/mol. The van der Waals surface area contributed by atoms with Crippen LogP contribution in [-0.2, 0) is 27.7 Å². The van der Waals surface area contributed by atoms with Crippen LogP contribution in [0.2, 0.25) is 0 Å². The largest absolute Gasteiger partial charge is 0.496 e. The van der Waals surface area contributed by atoms with Gasteiger partial charge in [0.25, 0.3) is 0 Å². The average Bonchev–Trinajstić information content (AvgIpc) is 2.70. The SMILES string of the molecule is COc1ccc(S(=O)(=O)N(C)C)cc1CCC(=O)NCCCc1ccccc1. The number of hydrogen-bond acceptors (Lipinski definition) is 4. The Morgan fingerprint density at radius 1 is 1.07 bits per heavy atom. The number of sulfonamides is 1. The first-order chi connectivity index (χ1) is 13.3. The maximum atomic E-state index is 12.3. The van der Waals surface area contributed by atoms with Gasteiger partial charge in [-0.25, -0.2) is 12.7 Å². The third-order valence-electron chi connectivity index (χ3n) is 4.46. The minimum absolute atomic E-state index is 0.0593. The molecule has 2 aromatic rings. The summed E-state index contributed by atoms with van der Waals surface area (Å²) < 4.78 is 31.1. The number of aryl methyl sites for hydroxylation is 2. The fraction of sp³-hybridized carbons (Fsp3) is 0.381. The molecule has 0 aliphatic heterocycles. The van der Waals surface area contributed by atoms with Crippen molar-refractivity contribution in [1.29, 1.82) is 0 Å². The fourth-order valence-electron chi connectivity index (χ4n) is 2.82. The van der Waals surface area contributed by atoms with Gasteiger partial charge in [0.05, 0.1) is 12.0 Å². The lowest BCUT2D eigenvalue weighted by Crippen LogP contribution is -2.25. The van der Waals surface area contributed by atoms with Crippen molar-refractivity contribution in [2.45, 2.75) is 30.6 Å². The zero-order valence-corrected chi connectivity index (χ0v) is 17.5. The van der Waals surface area contributed by atoms with Gasteiger partial charge < -0.3 is 10.1 Å². The van der Waals surface area contributed by atoms with Gasteiger partial charge in [0, 0.05) is 27.1 Å². The summed E-state index contributed by atoms with van der Waals surface area (Å²) in [4.78, 5) is 12.3. The third kappa shape index (κ3) is 6.07. The fourth-order valence-corrected chi connectivity index (χ4v) is 3.78. The summed E-state index contributed by atoms with van der Waals surface area (Å²) in [5, 5.41) is 2.92. The highest BCUT2D eigenvalue weighted by atomic mass is 32.2. The van der Waals surface area contributed by atoms with E-state index in [9.17, 15) is 13.2 Å². The zero-order chi connectivity index (χ0) is 20.6. The second-order valence-electron chi connectivity index (χ2n) is 6.70. The Balaban J connectivity index is 1.89. The number of carbonyl (C=O) groups is 1. The Hall–Kier alpha value is -2.38. The summed E-state index contributed by atoms with van der Waals surface area (Å²) in [6, 6.07) is 14.9. The van der Waals surface area contributed by atoms with Crippen molar-refractivity contribution < 1.29 is 17.9 Å². The number of hydrogen-bond donors (Lipinski definition) is 1. The highest BCUT2D eigenvalue weighted by Gasteiger charge is 2.19. The first-order valence-corrected chi connectivity index (χ1v) is 10.7. The van der Waals surface area contributed by atoms with E-state index >= 15 is 0 Å². The Morgan fingerprint density at radius 2 is 1.79 bits per heavy atom. The Bertz CT molecular complexity index is 881. The number of amides is 1. The molecule has 0 saturated carbocycles. The van der Waals surface area contributed by atoms with E-state index in [1.165, 1.54) is 32.8 Å². The molecule has 0 aromatic heterocycles. The van der Waals surface area contributed by atoms with Gasteiger partial charge >= 0.3 is 0 Å². The first-order valence-electron chi connectivity index (χ1n) is 9.24. The average molecular weight is 405 g/mol. The smallest absolute Gasteiger partial charge is 0.242 e. The van der Waals surface area contributed by atoms with Crippen LogP contribution in [0.3, 0.4) is 0 Å². The number of ether oxygens (including phenoxy) is 1. The van der Waals surface area contributed by atoms with Gasteiger partial charge in [-0.2, -0.15) is 0 Å².